The van der Waals surface area contributed by atoms with Crippen molar-refractivity contribution in [3.8, 4) is 5.75 Å². The molecule has 0 aromatic carbocycles. The maximum atomic E-state index is 5.57. The van der Waals surface area contributed by atoms with Crippen LogP contribution in [0.4, 0.5) is 0 Å². The van der Waals surface area contributed by atoms with E-state index in [0.717, 1.165) is 11.4 Å². The van der Waals surface area contributed by atoms with E-state index in [1.54, 1.807) is 7.11 Å². The lowest BCUT2D eigenvalue weighted by Crippen LogP contribution is -2.53. The van der Waals surface area contributed by atoms with Gasteiger partial charge in [0.15, 0.2) is 0 Å². The monoisotopic (exact) mass is 289 g/mol. The van der Waals surface area contributed by atoms with Gasteiger partial charge in [-0.25, -0.2) is 0 Å². The summed E-state index contributed by atoms with van der Waals surface area (Å²) in [5.74, 6) is 0.905. The van der Waals surface area contributed by atoms with E-state index < -0.39 is 0 Å². The Balaban J connectivity index is 1.99. The van der Waals surface area contributed by atoms with Gasteiger partial charge < -0.3 is 10.1 Å². The summed E-state index contributed by atoms with van der Waals surface area (Å²) in [4.78, 5) is 7.39. The Bertz CT molecular complexity index is 465. The van der Waals surface area contributed by atoms with Crippen LogP contribution in [0.15, 0.2) is 18.3 Å². The average molecular weight is 289 g/mol. The Morgan fingerprint density at radius 2 is 1.95 bits per heavy atom. The number of hydrogen-bond acceptors (Lipinski definition) is 4. The molecule has 1 aliphatic carbocycles. The van der Waals surface area contributed by atoms with Crippen LogP contribution < -0.4 is 10.1 Å². The first kappa shape index (κ1) is 14.8. The molecule has 2 heterocycles. The normalized spacial score (nSPS) is 23.3. The zero-order chi connectivity index (χ0) is 14.7. The summed E-state index contributed by atoms with van der Waals surface area (Å²) in [6, 6.07) is 4.22. The molecule has 0 radical (unpaired) electrons. The molecule has 1 atom stereocenters. The zero-order valence-electron chi connectivity index (χ0n) is 13.3. The predicted octanol–water partition coefficient (Wildman–Crippen LogP) is 2.76. The third kappa shape index (κ3) is 2.55. The molecule has 0 amide bonds. The zero-order valence-corrected chi connectivity index (χ0v) is 13.3. The van der Waals surface area contributed by atoms with Crippen molar-refractivity contribution in [2.45, 2.75) is 50.1 Å². The van der Waals surface area contributed by atoms with Gasteiger partial charge in [-0.05, 0) is 58.0 Å². The highest BCUT2D eigenvalue weighted by atomic mass is 16.5. The molecule has 1 aliphatic heterocycles. The van der Waals surface area contributed by atoms with Crippen molar-refractivity contribution < 1.29 is 4.74 Å². The summed E-state index contributed by atoms with van der Waals surface area (Å²) in [5, 5.41) is 3.57. The molecule has 1 saturated carbocycles. The molecular weight excluding hydrogens is 262 g/mol. The van der Waals surface area contributed by atoms with Crippen molar-refractivity contribution in [3.05, 3.63) is 24.0 Å². The highest BCUT2D eigenvalue weighted by Crippen LogP contribution is 2.46. The van der Waals surface area contributed by atoms with E-state index in [2.05, 4.69) is 22.2 Å². The molecule has 116 valence electrons. The highest BCUT2D eigenvalue weighted by Gasteiger charge is 2.48. The SMILES string of the molecule is CNC(c1ncccc1OC)C1(N2CCCC2)CCCC1. The molecule has 21 heavy (non-hydrogen) atoms. The van der Waals surface area contributed by atoms with E-state index in [0.29, 0.717) is 0 Å². The van der Waals surface area contributed by atoms with Crippen LogP contribution in [0.2, 0.25) is 0 Å². The smallest absolute Gasteiger partial charge is 0.142 e. The first-order valence-electron chi connectivity index (χ1n) is 8.23. The molecule has 1 N–H and O–H groups in total. The molecule has 1 unspecified atom stereocenters. The third-order valence-electron chi connectivity index (χ3n) is 5.32. The number of likely N-dealkylation sites (tertiary alicyclic amines) is 1. The average Bonchev–Trinajstić information content (AvgIpc) is 3.20. The number of aromatic nitrogens is 1. The quantitative estimate of drug-likeness (QED) is 0.904. The maximum absolute atomic E-state index is 5.57. The second-order valence-corrected chi connectivity index (χ2v) is 6.32. The molecule has 1 aromatic heterocycles. The molecule has 1 saturated heterocycles. The summed E-state index contributed by atoms with van der Waals surface area (Å²) in [7, 11) is 3.80. The van der Waals surface area contributed by atoms with Crippen LogP contribution in [0.25, 0.3) is 0 Å². The number of pyridine rings is 1. The van der Waals surface area contributed by atoms with Gasteiger partial charge in [-0.15, -0.1) is 0 Å². The molecular formula is C17H27N3O. The van der Waals surface area contributed by atoms with Crippen molar-refractivity contribution in [1.82, 2.24) is 15.2 Å². The fourth-order valence-corrected chi connectivity index (χ4v) is 4.39. The Morgan fingerprint density at radius 3 is 2.57 bits per heavy atom. The Kier molecular flexibility index (Phi) is 4.45. The molecule has 3 rings (SSSR count). The summed E-state index contributed by atoms with van der Waals surface area (Å²) in [6.07, 6.45) is 9.72. The van der Waals surface area contributed by atoms with Crippen LogP contribution in [0, 0.1) is 0 Å². The van der Waals surface area contributed by atoms with E-state index in [1.807, 2.05) is 18.3 Å². The van der Waals surface area contributed by atoms with Gasteiger partial charge in [0.05, 0.1) is 13.2 Å². The topological polar surface area (TPSA) is 37.4 Å². The third-order valence-corrected chi connectivity index (χ3v) is 5.32. The lowest BCUT2D eigenvalue weighted by molar-refractivity contribution is 0.0768. The van der Waals surface area contributed by atoms with Crippen LogP contribution in [0.1, 0.15) is 50.3 Å². The van der Waals surface area contributed by atoms with E-state index in [9.17, 15) is 0 Å². The molecule has 0 spiro atoms. The Hall–Kier alpha value is -1.13. The van der Waals surface area contributed by atoms with Crippen LogP contribution in [0.3, 0.4) is 0 Å². The highest BCUT2D eigenvalue weighted by molar-refractivity contribution is 5.32. The summed E-state index contributed by atoms with van der Waals surface area (Å²) < 4.78 is 5.57. The predicted molar refractivity (Wildman–Crippen MR) is 84.6 cm³/mol. The van der Waals surface area contributed by atoms with Crippen molar-refractivity contribution in [1.29, 1.82) is 0 Å². The number of nitrogens with one attached hydrogen (secondary N) is 1. The number of likely N-dealkylation sites (N-methyl/N-ethyl adjacent to an activating group) is 1. The summed E-state index contributed by atoms with van der Waals surface area (Å²) in [5.41, 5.74) is 1.28. The van der Waals surface area contributed by atoms with Crippen LogP contribution >= 0.6 is 0 Å². The number of rotatable bonds is 5. The van der Waals surface area contributed by atoms with E-state index in [4.69, 9.17) is 4.74 Å². The summed E-state index contributed by atoms with van der Waals surface area (Å²) in [6.45, 7) is 2.46. The van der Waals surface area contributed by atoms with Gasteiger partial charge in [0.2, 0.25) is 0 Å². The molecule has 2 aliphatic rings. The molecule has 4 nitrogen and oxygen atoms in total. The van der Waals surface area contributed by atoms with E-state index in [-0.39, 0.29) is 11.6 Å². The maximum Gasteiger partial charge on any atom is 0.142 e. The lowest BCUT2D eigenvalue weighted by Gasteiger charge is -2.45. The van der Waals surface area contributed by atoms with Gasteiger partial charge in [-0.1, -0.05) is 12.8 Å². The number of nitrogens with zero attached hydrogens (tertiary/aromatic N) is 2. The molecule has 1 aromatic rings. The van der Waals surface area contributed by atoms with Crippen molar-refractivity contribution in [2.24, 2.45) is 0 Å². The second-order valence-electron chi connectivity index (χ2n) is 6.32. The first-order chi connectivity index (χ1) is 10.3. The van der Waals surface area contributed by atoms with Crippen LogP contribution in [0.5, 0.6) is 5.75 Å². The van der Waals surface area contributed by atoms with Gasteiger partial charge in [-0.2, -0.15) is 0 Å². The fraction of sp³-hybridized carbons (Fsp3) is 0.706. The number of methoxy groups -OCH3 is 1. The number of ether oxygens (including phenoxy) is 1. The van der Waals surface area contributed by atoms with Gasteiger partial charge in [-0.3, -0.25) is 9.88 Å². The minimum Gasteiger partial charge on any atom is -0.495 e. The van der Waals surface area contributed by atoms with Gasteiger partial charge >= 0.3 is 0 Å². The van der Waals surface area contributed by atoms with Crippen molar-refractivity contribution in [2.75, 3.05) is 27.2 Å². The van der Waals surface area contributed by atoms with E-state index in [1.165, 1.54) is 51.6 Å². The fourth-order valence-electron chi connectivity index (χ4n) is 4.39. The van der Waals surface area contributed by atoms with Crippen LogP contribution in [-0.2, 0) is 0 Å². The molecule has 0 bridgehead atoms. The van der Waals surface area contributed by atoms with Gasteiger partial charge in [0.25, 0.3) is 0 Å². The molecule has 2 fully saturated rings. The lowest BCUT2D eigenvalue weighted by atomic mass is 9.83. The summed E-state index contributed by atoms with van der Waals surface area (Å²) >= 11 is 0. The Morgan fingerprint density at radius 1 is 1.24 bits per heavy atom. The first-order valence-corrected chi connectivity index (χ1v) is 8.23. The largest absolute Gasteiger partial charge is 0.495 e. The van der Waals surface area contributed by atoms with Gasteiger partial charge in [0, 0.05) is 11.7 Å². The second kappa shape index (κ2) is 6.32. The van der Waals surface area contributed by atoms with E-state index >= 15 is 0 Å². The van der Waals surface area contributed by atoms with Crippen LogP contribution in [-0.4, -0.2) is 42.7 Å². The van der Waals surface area contributed by atoms with Gasteiger partial charge in [0.1, 0.15) is 11.4 Å². The minimum absolute atomic E-state index is 0.215. The number of hydrogen-bond donors (Lipinski definition) is 1. The molecule has 4 heteroatoms. The standard InChI is InChI=1S/C17H27N3O/c1-18-16(15-14(21-2)8-7-11-19-15)17(9-3-4-10-17)20-12-5-6-13-20/h7-8,11,16,18H,3-6,9-10,12-13H2,1-2H3. The van der Waals surface area contributed by atoms with Crippen molar-refractivity contribution in [3.63, 3.8) is 0 Å². The van der Waals surface area contributed by atoms with Crippen molar-refractivity contribution >= 4 is 0 Å². The minimum atomic E-state index is 0.215. The Labute approximate surface area is 127 Å².